The highest BCUT2D eigenvalue weighted by atomic mass is 32.2. The van der Waals surface area contributed by atoms with Gasteiger partial charge in [-0.05, 0) is 24.6 Å². The van der Waals surface area contributed by atoms with Crippen LogP contribution in [0.5, 0.6) is 0 Å². The molecule has 17 heavy (non-hydrogen) atoms. The van der Waals surface area contributed by atoms with E-state index in [4.69, 9.17) is 0 Å². The fourth-order valence-electron chi connectivity index (χ4n) is 1.91. The van der Waals surface area contributed by atoms with Crippen LogP contribution < -0.4 is 10.2 Å². The van der Waals surface area contributed by atoms with Crippen molar-refractivity contribution >= 4 is 17.6 Å². The van der Waals surface area contributed by atoms with Gasteiger partial charge in [0.25, 0.3) is 0 Å². The SMILES string of the molecule is CCCNCc1ccc(N2CCSCC2)nc1. The fourth-order valence-corrected chi connectivity index (χ4v) is 2.81. The van der Waals surface area contributed by atoms with Crippen LogP contribution in [0.15, 0.2) is 18.3 Å². The van der Waals surface area contributed by atoms with Crippen LogP contribution in [0, 0.1) is 0 Å². The molecule has 0 saturated carbocycles. The van der Waals surface area contributed by atoms with Crippen molar-refractivity contribution in [3.8, 4) is 0 Å². The van der Waals surface area contributed by atoms with Gasteiger partial charge >= 0.3 is 0 Å². The van der Waals surface area contributed by atoms with Crippen LogP contribution in [0.25, 0.3) is 0 Å². The molecule has 0 amide bonds. The number of thioether (sulfide) groups is 1. The molecule has 0 unspecified atom stereocenters. The highest BCUT2D eigenvalue weighted by Gasteiger charge is 2.11. The second kappa shape index (κ2) is 6.87. The normalized spacial score (nSPS) is 16.2. The topological polar surface area (TPSA) is 28.2 Å². The lowest BCUT2D eigenvalue weighted by Gasteiger charge is -2.27. The van der Waals surface area contributed by atoms with Crippen LogP contribution in [0.4, 0.5) is 5.82 Å². The zero-order chi connectivity index (χ0) is 11.9. The quantitative estimate of drug-likeness (QED) is 0.812. The standard InChI is InChI=1S/C13H21N3S/c1-2-5-14-10-12-3-4-13(15-11-12)16-6-8-17-9-7-16/h3-4,11,14H,2,5-10H2,1H3. The van der Waals surface area contributed by atoms with Crippen LogP contribution >= 0.6 is 11.8 Å². The monoisotopic (exact) mass is 251 g/mol. The smallest absolute Gasteiger partial charge is 0.128 e. The Kier molecular flexibility index (Phi) is 5.13. The first-order valence-electron chi connectivity index (χ1n) is 6.38. The molecule has 1 aliphatic rings. The van der Waals surface area contributed by atoms with Crippen molar-refractivity contribution in [2.75, 3.05) is 36.0 Å². The number of hydrogen-bond acceptors (Lipinski definition) is 4. The Bertz CT molecular complexity index is 320. The summed E-state index contributed by atoms with van der Waals surface area (Å²) in [6.07, 6.45) is 3.18. The second-order valence-corrected chi connectivity index (χ2v) is 5.53. The minimum atomic E-state index is 0.928. The predicted molar refractivity (Wildman–Crippen MR) is 75.8 cm³/mol. The van der Waals surface area contributed by atoms with Crippen LogP contribution in [-0.4, -0.2) is 36.1 Å². The maximum Gasteiger partial charge on any atom is 0.128 e. The largest absolute Gasteiger partial charge is 0.355 e. The van der Waals surface area contributed by atoms with Crippen molar-refractivity contribution in [3.63, 3.8) is 0 Å². The zero-order valence-corrected chi connectivity index (χ0v) is 11.3. The molecule has 0 radical (unpaired) electrons. The molecular weight excluding hydrogens is 230 g/mol. The Labute approximate surface area is 108 Å². The third-order valence-electron chi connectivity index (χ3n) is 2.90. The molecule has 1 saturated heterocycles. The van der Waals surface area contributed by atoms with E-state index in [2.05, 4.69) is 34.3 Å². The number of nitrogens with zero attached hydrogens (tertiary/aromatic N) is 2. The Morgan fingerprint density at radius 3 is 2.82 bits per heavy atom. The van der Waals surface area contributed by atoms with Gasteiger partial charge < -0.3 is 10.2 Å². The lowest BCUT2D eigenvalue weighted by molar-refractivity contribution is 0.673. The molecule has 1 aromatic heterocycles. The van der Waals surface area contributed by atoms with E-state index in [-0.39, 0.29) is 0 Å². The van der Waals surface area contributed by atoms with E-state index in [1.807, 2.05) is 18.0 Å². The minimum absolute atomic E-state index is 0.928. The Morgan fingerprint density at radius 2 is 2.18 bits per heavy atom. The van der Waals surface area contributed by atoms with Crippen LogP contribution in [0.2, 0.25) is 0 Å². The molecule has 0 spiro atoms. The van der Waals surface area contributed by atoms with Gasteiger partial charge in [0.15, 0.2) is 0 Å². The zero-order valence-electron chi connectivity index (χ0n) is 10.5. The van der Waals surface area contributed by atoms with Gasteiger partial charge in [0, 0.05) is 37.3 Å². The third kappa shape index (κ3) is 3.89. The summed E-state index contributed by atoms with van der Waals surface area (Å²) in [5, 5.41) is 3.39. The maximum absolute atomic E-state index is 4.56. The van der Waals surface area contributed by atoms with Crippen LogP contribution in [0.3, 0.4) is 0 Å². The minimum Gasteiger partial charge on any atom is -0.355 e. The molecule has 0 aromatic carbocycles. The Hall–Kier alpha value is -0.740. The molecule has 1 N–H and O–H groups in total. The molecule has 0 atom stereocenters. The first-order valence-corrected chi connectivity index (χ1v) is 7.54. The summed E-state index contributed by atoms with van der Waals surface area (Å²) in [6.45, 7) is 6.45. The maximum atomic E-state index is 4.56. The van der Waals surface area contributed by atoms with E-state index < -0.39 is 0 Å². The average Bonchev–Trinajstić information content (AvgIpc) is 2.41. The van der Waals surface area contributed by atoms with E-state index in [1.54, 1.807) is 0 Å². The van der Waals surface area contributed by atoms with Gasteiger partial charge in [-0.3, -0.25) is 0 Å². The molecule has 2 rings (SSSR count). The first kappa shape index (κ1) is 12.7. The molecule has 1 aromatic rings. The summed E-state index contributed by atoms with van der Waals surface area (Å²) in [4.78, 5) is 6.93. The lowest BCUT2D eigenvalue weighted by Crippen LogP contribution is -2.33. The highest BCUT2D eigenvalue weighted by Crippen LogP contribution is 2.17. The highest BCUT2D eigenvalue weighted by molar-refractivity contribution is 7.99. The molecule has 0 bridgehead atoms. The van der Waals surface area contributed by atoms with Gasteiger partial charge in [0.1, 0.15) is 5.82 Å². The molecule has 1 fully saturated rings. The van der Waals surface area contributed by atoms with Crippen molar-refractivity contribution < 1.29 is 0 Å². The number of hydrogen-bond donors (Lipinski definition) is 1. The summed E-state index contributed by atoms with van der Waals surface area (Å²) >= 11 is 2.03. The fraction of sp³-hybridized carbons (Fsp3) is 0.615. The molecule has 3 nitrogen and oxygen atoms in total. The van der Waals surface area contributed by atoms with Gasteiger partial charge in [-0.25, -0.2) is 4.98 Å². The summed E-state index contributed by atoms with van der Waals surface area (Å²) in [6, 6.07) is 4.34. The van der Waals surface area contributed by atoms with E-state index in [0.717, 1.165) is 32.0 Å². The summed E-state index contributed by atoms with van der Waals surface area (Å²) < 4.78 is 0. The molecule has 1 aliphatic heterocycles. The van der Waals surface area contributed by atoms with Crippen LogP contribution in [0.1, 0.15) is 18.9 Å². The predicted octanol–water partition coefficient (Wildman–Crippen LogP) is 2.13. The van der Waals surface area contributed by atoms with E-state index in [0.29, 0.717) is 0 Å². The molecule has 4 heteroatoms. The van der Waals surface area contributed by atoms with Crippen molar-refractivity contribution in [2.24, 2.45) is 0 Å². The van der Waals surface area contributed by atoms with E-state index in [1.165, 1.54) is 23.5 Å². The van der Waals surface area contributed by atoms with E-state index >= 15 is 0 Å². The number of nitrogens with one attached hydrogen (secondary N) is 1. The Morgan fingerprint density at radius 1 is 1.35 bits per heavy atom. The summed E-state index contributed by atoms with van der Waals surface area (Å²) in [5.41, 5.74) is 1.27. The van der Waals surface area contributed by atoms with Gasteiger partial charge in [0.05, 0.1) is 0 Å². The van der Waals surface area contributed by atoms with Crippen molar-refractivity contribution in [2.45, 2.75) is 19.9 Å². The van der Waals surface area contributed by atoms with E-state index in [9.17, 15) is 0 Å². The molecule has 94 valence electrons. The Balaban J connectivity index is 1.88. The molecule has 0 aliphatic carbocycles. The number of anilines is 1. The van der Waals surface area contributed by atoms with Crippen molar-refractivity contribution in [3.05, 3.63) is 23.9 Å². The van der Waals surface area contributed by atoms with Gasteiger partial charge in [0.2, 0.25) is 0 Å². The van der Waals surface area contributed by atoms with Gasteiger partial charge in [-0.1, -0.05) is 13.0 Å². The van der Waals surface area contributed by atoms with Crippen molar-refractivity contribution in [1.82, 2.24) is 10.3 Å². The third-order valence-corrected chi connectivity index (χ3v) is 3.84. The number of aromatic nitrogens is 1. The summed E-state index contributed by atoms with van der Waals surface area (Å²) in [7, 11) is 0. The summed E-state index contributed by atoms with van der Waals surface area (Å²) in [5.74, 6) is 3.58. The lowest BCUT2D eigenvalue weighted by atomic mass is 10.2. The van der Waals surface area contributed by atoms with Gasteiger partial charge in [-0.2, -0.15) is 11.8 Å². The number of pyridine rings is 1. The number of rotatable bonds is 5. The second-order valence-electron chi connectivity index (χ2n) is 4.30. The molecule has 2 heterocycles. The van der Waals surface area contributed by atoms with Crippen molar-refractivity contribution in [1.29, 1.82) is 0 Å². The first-order chi connectivity index (χ1) is 8.40. The van der Waals surface area contributed by atoms with Gasteiger partial charge in [-0.15, -0.1) is 0 Å². The average molecular weight is 251 g/mol. The molecular formula is C13H21N3S. The van der Waals surface area contributed by atoms with Crippen LogP contribution in [-0.2, 0) is 6.54 Å².